The van der Waals surface area contributed by atoms with E-state index in [-0.39, 0.29) is 13.0 Å². The molecule has 0 radical (unpaired) electrons. The van der Waals surface area contributed by atoms with Crippen molar-refractivity contribution < 1.29 is 23.5 Å². The van der Waals surface area contributed by atoms with Gasteiger partial charge in [-0.15, -0.1) is 0 Å². The molecule has 7 heteroatoms. The molecule has 102 valence electrons. The van der Waals surface area contributed by atoms with Crippen LogP contribution in [0.2, 0.25) is 0 Å². The maximum Gasteiger partial charge on any atom is 0.245 e. The van der Waals surface area contributed by atoms with Gasteiger partial charge in [-0.1, -0.05) is 6.07 Å². The standard InChI is InChI=1S/C12H12F2N2O3/c13-8-2-1-3-9(14)12(8)16-5-7(4-11(16)19)15-10(18)6-17/h1-3,7,17H,4-6H2,(H,15,18)/t7-/m0/s1. The molecule has 1 aliphatic heterocycles. The summed E-state index contributed by atoms with van der Waals surface area (Å²) in [5.41, 5.74) is -0.409. The number of hydrogen-bond acceptors (Lipinski definition) is 3. The number of carbonyl (C=O) groups excluding carboxylic acids is 2. The third-order valence-corrected chi connectivity index (χ3v) is 2.84. The number of carbonyl (C=O) groups is 2. The number of aliphatic hydroxyl groups excluding tert-OH is 1. The lowest BCUT2D eigenvalue weighted by Gasteiger charge is -2.18. The Morgan fingerprint density at radius 1 is 1.42 bits per heavy atom. The van der Waals surface area contributed by atoms with Crippen LogP contribution in [-0.2, 0) is 9.59 Å². The molecule has 0 saturated carbocycles. The number of benzene rings is 1. The van der Waals surface area contributed by atoms with E-state index in [1.165, 1.54) is 6.07 Å². The number of nitrogens with zero attached hydrogens (tertiary/aromatic N) is 1. The van der Waals surface area contributed by atoms with Gasteiger partial charge in [-0.3, -0.25) is 9.59 Å². The average Bonchev–Trinajstić information content (AvgIpc) is 2.70. The van der Waals surface area contributed by atoms with Gasteiger partial charge in [0.2, 0.25) is 11.8 Å². The van der Waals surface area contributed by atoms with E-state index in [1.54, 1.807) is 0 Å². The normalized spacial score (nSPS) is 18.8. The molecule has 0 unspecified atom stereocenters. The highest BCUT2D eigenvalue weighted by molar-refractivity contribution is 5.97. The van der Waals surface area contributed by atoms with Crippen LogP contribution in [0.1, 0.15) is 6.42 Å². The maximum absolute atomic E-state index is 13.6. The number of nitrogens with one attached hydrogen (secondary N) is 1. The molecule has 19 heavy (non-hydrogen) atoms. The van der Waals surface area contributed by atoms with Crippen molar-refractivity contribution in [1.82, 2.24) is 5.32 Å². The summed E-state index contributed by atoms with van der Waals surface area (Å²) in [7, 11) is 0. The molecule has 1 heterocycles. The van der Waals surface area contributed by atoms with Crippen molar-refractivity contribution in [2.75, 3.05) is 18.1 Å². The minimum atomic E-state index is -0.831. The second-order valence-electron chi connectivity index (χ2n) is 4.20. The van der Waals surface area contributed by atoms with Gasteiger partial charge in [-0.25, -0.2) is 8.78 Å². The summed E-state index contributed by atoms with van der Waals surface area (Å²) in [4.78, 5) is 23.7. The molecule has 1 aliphatic rings. The molecule has 0 spiro atoms. The van der Waals surface area contributed by atoms with E-state index in [9.17, 15) is 18.4 Å². The lowest BCUT2D eigenvalue weighted by molar-refractivity contribution is -0.124. The van der Waals surface area contributed by atoms with Crippen molar-refractivity contribution in [3.63, 3.8) is 0 Å². The number of amides is 2. The predicted molar refractivity (Wildman–Crippen MR) is 62.3 cm³/mol. The number of rotatable bonds is 3. The van der Waals surface area contributed by atoms with Gasteiger partial charge < -0.3 is 15.3 Å². The fourth-order valence-corrected chi connectivity index (χ4v) is 2.04. The molecule has 2 amide bonds. The average molecular weight is 270 g/mol. The zero-order chi connectivity index (χ0) is 14.0. The van der Waals surface area contributed by atoms with E-state index in [2.05, 4.69) is 5.32 Å². The molecular formula is C12H12F2N2O3. The second kappa shape index (κ2) is 5.31. The molecule has 5 nitrogen and oxygen atoms in total. The van der Waals surface area contributed by atoms with Crippen LogP contribution in [0.25, 0.3) is 0 Å². The zero-order valence-electron chi connectivity index (χ0n) is 9.90. The van der Waals surface area contributed by atoms with E-state index in [1.807, 2.05) is 0 Å². The van der Waals surface area contributed by atoms with Gasteiger partial charge in [0, 0.05) is 13.0 Å². The highest BCUT2D eigenvalue weighted by Crippen LogP contribution is 2.27. The van der Waals surface area contributed by atoms with Crippen LogP contribution >= 0.6 is 0 Å². The highest BCUT2D eigenvalue weighted by atomic mass is 19.1. The van der Waals surface area contributed by atoms with Crippen LogP contribution in [0.3, 0.4) is 0 Å². The molecule has 1 saturated heterocycles. The molecule has 0 aliphatic carbocycles. The Bertz CT molecular complexity index is 501. The van der Waals surface area contributed by atoms with Gasteiger partial charge in [0.1, 0.15) is 23.9 Å². The number of aliphatic hydroxyl groups is 1. The fraction of sp³-hybridized carbons (Fsp3) is 0.333. The Kier molecular flexibility index (Phi) is 3.75. The van der Waals surface area contributed by atoms with Crippen LogP contribution < -0.4 is 10.2 Å². The molecule has 1 fully saturated rings. The first-order chi connectivity index (χ1) is 9.02. The van der Waals surface area contributed by atoms with Crippen molar-refractivity contribution in [2.45, 2.75) is 12.5 Å². The highest BCUT2D eigenvalue weighted by Gasteiger charge is 2.34. The number of halogens is 2. The number of para-hydroxylation sites is 1. The van der Waals surface area contributed by atoms with Crippen LogP contribution in [0.5, 0.6) is 0 Å². The number of anilines is 1. The summed E-state index contributed by atoms with van der Waals surface area (Å²) in [5.74, 6) is -2.77. The second-order valence-corrected chi connectivity index (χ2v) is 4.20. The van der Waals surface area contributed by atoms with E-state index in [4.69, 9.17) is 5.11 Å². The van der Waals surface area contributed by atoms with Crippen LogP contribution in [0, 0.1) is 11.6 Å². The van der Waals surface area contributed by atoms with Gasteiger partial charge in [-0.2, -0.15) is 0 Å². The molecule has 2 N–H and O–H groups in total. The first kappa shape index (κ1) is 13.4. The van der Waals surface area contributed by atoms with E-state index in [0.29, 0.717) is 0 Å². The van der Waals surface area contributed by atoms with Crippen LogP contribution in [0.4, 0.5) is 14.5 Å². The third kappa shape index (κ3) is 2.70. The minimum Gasteiger partial charge on any atom is -0.387 e. The summed E-state index contributed by atoms with van der Waals surface area (Å²) in [6.07, 6.45) is -0.0560. The van der Waals surface area contributed by atoms with E-state index < -0.39 is 41.8 Å². The van der Waals surface area contributed by atoms with Gasteiger partial charge >= 0.3 is 0 Å². The summed E-state index contributed by atoms with van der Waals surface area (Å²) >= 11 is 0. The first-order valence-electron chi connectivity index (χ1n) is 5.67. The van der Waals surface area contributed by atoms with Gasteiger partial charge in [0.05, 0.1) is 6.04 Å². The van der Waals surface area contributed by atoms with Crippen molar-refractivity contribution in [2.24, 2.45) is 0 Å². The smallest absolute Gasteiger partial charge is 0.245 e. The topological polar surface area (TPSA) is 69.6 Å². The monoisotopic (exact) mass is 270 g/mol. The van der Waals surface area contributed by atoms with Crippen molar-refractivity contribution in [3.8, 4) is 0 Å². The van der Waals surface area contributed by atoms with Gasteiger partial charge in [0.25, 0.3) is 0 Å². The largest absolute Gasteiger partial charge is 0.387 e. The van der Waals surface area contributed by atoms with Crippen LogP contribution in [-0.4, -0.2) is 36.1 Å². The SMILES string of the molecule is O=C(CO)N[C@H]1CC(=O)N(c2c(F)cccc2F)C1. The quantitative estimate of drug-likeness (QED) is 0.823. The molecule has 2 rings (SSSR count). The van der Waals surface area contributed by atoms with Gasteiger partial charge in [0.15, 0.2) is 0 Å². The third-order valence-electron chi connectivity index (χ3n) is 2.84. The molecule has 1 atom stereocenters. The lowest BCUT2D eigenvalue weighted by Crippen LogP contribution is -2.38. The van der Waals surface area contributed by atoms with E-state index >= 15 is 0 Å². The fourth-order valence-electron chi connectivity index (χ4n) is 2.04. The molecule has 0 aromatic heterocycles. The first-order valence-corrected chi connectivity index (χ1v) is 5.67. The van der Waals surface area contributed by atoms with Crippen molar-refractivity contribution in [1.29, 1.82) is 0 Å². The van der Waals surface area contributed by atoms with Crippen LogP contribution in [0.15, 0.2) is 18.2 Å². The Morgan fingerprint density at radius 3 is 2.63 bits per heavy atom. The van der Waals surface area contributed by atoms with Crippen molar-refractivity contribution in [3.05, 3.63) is 29.8 Å². The Labute approximate surface area is 107 Å². The zero-order valence-corrected chi connectivity index (χ0v) is 9.90. The molecule has 1 aromatic carbocycles. The predicted octanol–water partition coefficient (Wildman–Crippen LogP) is 0.179. The summed E-state index contributed by atoms with van der Waals surface area (Å²) in [6, 6.07) is 2.77. The molecule has 1 aromatic rings. The summed E-state index contributed by atoms with van der Waals surface area (Å²) in [6.45, 7) is -0.721. The Morgan fingerprint density at radius 2 is 2.05 bits per heavy atom. The summed E-state index contributed by atoms with van der Waals surface area (Å²) < 4.78 is 27.1. The lowest BCUT2D eigenvalue weighted by atomic mass is 10.2. The summed E-state index contributed by atoms with van der Waals surface area (Å²) in [5, 5.41) is 11.0. The van der Waals surface area contributed by atoms with Crippen molar-refractivity contribution >= 4 is 17.5 Å². The number of hydrogen-bond donors (Lipinski definition) is 2. The molecule has 0 bridgehead atoms. The Hall–Kier alpha value is -2.02. The van der Waals surface area contributed by atoms with Gasteiger partial charge in [-0.05, 0) is 12.1 Å². The molecular weight excluding hydrogens is 258 g/mol. The maximum atomic E-state index is 13.6. The minimum absolute atomic E-state index is 0.0254. The Balaban J connectivity index is 2.18. The van der Waals surface area contributed by atoms with E-state index in [0.717, 1.165) is 17.0 Å².